The standard InChI is InChI=1S/C18H31NO2/c1-6-11-20-12-13-21-17(14-19-18(3,4)5)16-9-7-15(2)8-10-16/h7-10,17,19H,6,11-14H2,1-5H3. The van der Waals surface area contributed by atoms with Crippen LogP contribution in [0.5, 0.6) is 0 Å². The molecule has 0 aromatic heterocycles. The Labute approximate surface area is 130 Å². The van der Waals surface area contributed by atoms with Crippen molar-refractivity contribution in [3.05, 3.63) is 35.4 Å². The minimum absolute atomic E-state index is 0.0649. The van der Waals surface area contributed by atoms with Crippen molar-refractivity contribution in [1.82, 2.24) is 5.32 Å². The van der Waals surface area contributed by atoms with E-state index in [-0.39, 0.29) is 11.6 Å². The monoisotopic (exact) mass is 293 g/mol. The van der Waals surface area contributed by atoms with Gasteiger partial charge in [-0.15, -0.1) is 0 Å². The Balaban J connectivity index is 2.55. The number of nitrogens with one attached hydrogen (secondary N) is 1. The first kappa shape index (κ1) is 18.1. The fraction of sp³-hybridized carbons (Fsp3) is 0.667. The number of aryl methyl sites for hydroxylation is 1. The third-order valence-corrected chi connectivity index (χ3v) is 3.16. The van der Waals surface area contributed by atoms with Gasteiger partial charge in [0, 0.05) is 18.7 Å². The summed E-state index contributed by atoms with van der Waals surface area (Å²) in [6, 6.07) is 8.57. The molecule has 0 amide bonds. The van der Waals surface area contributed by atoms with Gasteiger partial charge in [-0.1, -0.05) is 36.8 Å². The van der Waals surface area contributed by atoms with Gasteiger partial charge < -0.3 is 14.8 Å². The Morgan fingerprint density at radius 1 is 1.05 bits per heavy atom. The molecule has 0 aliphatic carbocycles. The molecule has 1 unspecified atom stereocenters. The van der Waals surface area contributed by atoms with E-state index in [1.165, 1.54) is 11.1 Å². The zero-order chi connectivity index (χ0) is 15.7. The molecule has 1 aromatic rings. The predicted molar refractivity (Wildman–Crippen MR) is 88.7 cm³/mol. The van der Waals surface area contributed by atoms with Gasteiger partial charge in [-0.05, 0) is 39.7 Å². The fourth-order valence-corrected chi connectivity index (χ4v) is 1.95. The van der Waals surface area contributed by atoms with Crippen LogP contribution < -0.4 is 5.32 Å². The van der Waals surface area contributed by atoms with Crippen molar-refractivity contribution in [3.63, 3.8) is 0 Å². The number of hydrogen-bond donors (Lipinski definition) is 1. The summed E-state index contributed by atoms with van der Waals surface area (Å²) in [6.45, 7) is 13.6. The number of ether oxygens (including phenoxy) is 2. The van der Waals surface area contributed by atoms with Gasteiger partial charge >= 0.3 is 0 Å². The fourth-order valence-electron chi connectivity index (χ4n) is 1.95. The highest BCUT2D eigenvalue weighted by Gasteiger charge is 2.16. The smallest absolute Gasteiger partial charge is 0.0950 e. The molecule has 1 rings (SSSR count). The molecule has 0 radical (unpaired) electrons. The van der Waals surface area contributed by atoms with Gasteiger partial charge in [-0.25, -0.2) is 0 Å². The topological polar surface area (TPSA) is 30.5 Å². The maximum Gasteiger partial charge on any atom is 0.0950 e. The zero-order valence-corrected chi connectivity index (χ0v) is 14.2. The Morgan fingerprint density at radius 2 is 1.71 bits per heavy atom. The summed E-state index contributed by atoms with van der Waals surface area (Å²) < 4.78 is 11.5. The van der Waals surface area contributed by atoms with E-state index < -0.39 is 0 Å². The van der Waals surface area contributed by atoms with Gasteiger partial charge in [0.05, 0.1) is 19.3 Å². The first-order chi connectivity index (χ1) is 9.92. The third kappa shape index (κ3) is 8.20. The molecule has 120 valence electrons. The number of rotatable bonds is 9. The van der Waals surface area contributed by atoms with E-state index >= 15 is 0 Å². The lowest BCUT2D eigenvalue weighted by molar-refractivity contribution is 0.00208. The molecule has 0 aliphatic heterocycles. The van der Waals surface area contributed by atoms with Crippen LogP contribution in [0.25, 0.3) is 0 Å². The summed E-state index contributed by atoms with van der Waals surface area (Å²) in [4.78, 5) is 0. The van der Waals surface area contributed by atoms with Crippen LogP contribution in [0.1, 0.15) is 51.3 Å². The molecule has 0 saturated carbocycles. The average molecular weight is 293 g/mol. The molecule has 0 heterocycles. The summed E-state index contributed by atoms with van der Waals surface area (Å²) in [5.74, 6) is 0. The van der Waals surface area contributed by atoms with Crippen molar-refractivity contribution in [1.29, 1.82) is 0 Å². The molecular formula is C18H31NO2. The SMILES string of the molecule is CCCOCCOC(CNC(C)(C)C)c1ccc(C)cc1. The van der Waals surface area contributed by atoms with E-state index in [2.05, 4.69) is 64.2 Å². The van der Waals surface area contributed by atoms with Crippen molar-refractivity contribution in [3.8, 4) is 0 Å². The van der Waals surface area contributed by atoms with E-state index in [9.17, 15) is 0 Å². The second kappa shape index (κ2) is 9.19. The summed E-state index contributed by atoms with van der Waals surface area (Å²) >= 11 is 0. The molecule has 1 N–H and O–H groups in total. The van der Waals surface area contributed by atoms with Crippen molar-refractivity contribution in [2.75, 3.05) is 26.4 Å². The molecule has 0 aliphatic rings. The quantitative estimate of drug-likeness (QED) is 0.701. The van der Waals surface area contributed by atoms with Crippen molar-refractivity contribution in [2.24, 2.45) is 0 Å². The summed E-state index contributed by atoms with van der Waals surface area (Å²) in [5.41, 5.74) is 2.57. The van der Waals surface area contributed by atoms with Crippen LogP contribution in [-0.4, -0.2) is 31.9 Å². The van der Waals surface area contributed by atoms with Crippen LogP contribution in [0.2, 0.25) is 0 Å². The van der Waals surface area contributed by atoms with Gasteiger partial charge in [0.15, 0.2) is 0 Å². The van der Waals surface area contributed by atoms with Crippen molar-refractivity contribution < 1.29 is 9.47 Å². The van der Waals surface area contributed by atoms with Gasteiger partial charge in [0.25, 0.3) is 0 Å². The summed E-state index contributed by atoms with van der Waals surface area (Å²) in [5, 5.41) is 3.52. The first-order valence-corrected chi connectivity index (χ1v) is 7.93. The van der Waals surface area contributed by atoms with Crippen LogP contribution >= 0.6 is 0 Å². The minimum atomic E-state index is 0.0649. The number of benzene rings is 1. The second-order valence-electron chi connectivity index (χ2n) is 6.51. The van der Waals surface area contributed by atoms with Gasteiger partial charge in [0.1, 0.15) is 0 Å². The highest BCUT2D eigenvalue weighted by Crippen LogP contribution is 2.18. The Hall–Kier alpha value is -0.900. The molecule has 3 nitrogen and oxygen atoms in total. The lowest BCUT2D eigenvalue weighted by Crippen LogP contribution is -2.39. The molecule has 0 saturated heterocycles. The van der Waals surface area contributed by atoms with Crippen molar-refractivity contribution >= 4 is 0 Å². The highest BCUT2D eigenvalue weighted by molar-refractivity contribution is 5.23. The molecule has 0 bridgehead atoms. The zero-order valence-electron chi connectivity index (χ0n) is 14.2. The third-order valence-electron chi connectivity index (χ3n) is 3.16. The van der Waals surface area contributed by atoms with Gasteiger partial charge in [-0.3, -0.25) is 0 Å². The molecule has 1 atom stereocenters. The van der Waals surface area contributed by atoms with Crippen LogP contribution in [0, 0.1) is 6.92 Å². The van der Waals surface area contributed by atoms with Crippen LogP contribution in [0.3, 0.4) is 0 Å². The molecular weight excluding hydrogens is 262 g/mol. The summed E-state index contributed by atoms with van der Waals surface area (Å²) in [7, 11) is 0. The number of hydrogen-bond acceptors (Lipinski definition) is 3. The molecule has 1 aromatic carbocycles. The van der Waals surface area contributed by atoms with E-state index in [1.54, 1.807) is 0 Å². The maximum absolute atomic E-state index is 6.02. The van der Waals surface area contributed by atoms with Crippen LogP contribution in [-0.2, 0) is 9.47 Å². The van der Waals surface area contributed by atoms with E-state index in [4.69, 9.17) is 9.47 Å². The highest BCUT2D eigenvalue weighted by atomic mass is 16.5. The molecule has 0 spiro atoms. The molecule has 21 heavy (non-hydrogen) atoms. The lowest BCUT2D eigenvalue weighted by Gasteiger charge is -2.26. The average Bonchev–Trinajstić information content (AvgIpc) is 2.42. The predicted octanol–water partition coefficient (Wildman–Crippen LogP) is 3.87. The Bertz CT molecular complexity index is 381. The van der Waals surface area contributed by atoms with E-state index in [0.717, 1.165) is 19.6 Å². The van der Waals surface area contributed by atoms with Gasteiger partial charge in [0.2, 0.25) is 0 Å². The van der Waals surface area contributed by atoms with Crippen molar-refractivity contribution in [2.45, 2.75) is 52.7 Å². The first-order valence-electron chi connectivity index (χ1n) is 7.93. The lowest BCUT2D eigenvalue weighted by atomic mass is 10.0. The molecule has 0 fully saturated rings. The Morgan fingerprint density at radius 3 is 2.29 bits per heavy atom. The van der Waals surface area contributed by atoms with E-state index in [1.807, 2.05) is 0 Å². The second-order valence-corrected chi connectivity index (χ2v) is 6.51. The van der Waals surface area contributed by atoms with Gasteiger partial charge in [-0.2, -0.15) is 0 Å². The van der Waals surface area contributed by atoms with E-state index in [0.29, 0.717) is 13.2 Å². The largest absolute Gasteiger partial charge is 0.379 e. The normalized spacial score (nSPS) is 13.4. The maximum atomic E-state index is 6.02. The Kier molecular flexibility index (Phi) is 7.94. The molecule has 3 heteroatoms. The van der Waals surface area contributed by atoms with Crippen LogP contribution in [0.4, 0.5) is 0 Å². The van der Waals surface area contributed by atoms with Crippen LogP contribution in [0.15, 0.2) is 24.3 Å². The summed E-state index contributed by atoms with van der Waals surface area (Å²) in [6.07, 6.45) is 1.11. The minimum Gasteiger partial charge on any atom is -0.379 e.